The van der Waals surface area contributed by atoms with Crippen LogP contribution in [0.1, 0.15) is 11.1 Å². The van der Waals surface area contributed by atoms with Gasteiger partial charge in [0.15, 0.2) is 6.61 Å². The average Bonchev–Trinajstić information content (AvgIpc) is 2.41. The zero-order chi connectivity index (χ0) is 14.5. The average molecular weight is 274 g/mol. The number of nitrogens with zero attached hydrogens (tertiary/aromatic N) is 1. The second-order valence-corrected chi connectivity index (χ2v) is 4.42. The van der Waals surface area contributed by atoms with E-state index in [1.807, 2.05) is 32.0 Å². The van der Waals surface area contributed by atoms with E-state index in [4.69, 9.17) is 4.74 Å². The van der Waals surface area contributed by atoms with Gasteiger partial charge in [-0.15, -0.1) is 0 Å². The molecular formula is C15H15FN2O2. The third-order valence-corrected chi connectivity index (χ3v) is 2.75. The van der Waals surface area contributed by atoms with E-state index in [1.54, 1.807) is 0 Å². The molecule has 2 aromatic rings. The maximum absolute atomic E-state index is 12.7. The summed E-state index contributed by atoms with van der Waals surface area (Å²) in [6.07, 6.45) is 1.04. The topological polar surface area (TPSA) is 51.2 Å². The molecule has 1 aromatic heterocycles. The van der Waals surface area contributed by atoms with Gasteiger partial charge >= 0.3 is 0 Å². The number of hydrogen-bond acceptors (Lipinski definition) is 3. The highest BCUT2D eigenvalue weighted by Crippen LogP contribution is 2.22. The molecule has 0 aliphatic heterocycles. The molecule has 0 fully saturated rings. The molecule has 4 nitrogen and oxygen atoms in total. The number of aromatic nitrogens is 1. The zero-order valence-electron chi connectivity index (χ0n) is 11.3. The minimum Gasteiger partial charge on any atom is -0.483 e. The highest BCUT2D eigenvalue weighted by molar-refractivity contribution is 5.90. The van der Waals surface area contributed by atoms with E-state index >= 15 is 0 Å². The molecular weight excluding hydrogens is 259 g/mol. The number of amides is 1. The SMILES string of the molecule is Cc1cccc(C)c1OCC(=O)Nc1ccc(F)cn1. The molecule has 1 N–H and O–H groups in total. The first-order chi connectivity index (χ1) is 9.56. The largest absolute Gasteiger partial charge is 0.483 e. The van der Waals surface area contributed by atoms with Crippen LogP contribution in [0.5, 0.6) is 5.75 Å². The fraction of sp³-hybridized carbons (Fsp3) is 0.200. The van der Waals surface area contributed by atoms with Gasteiger partial charge in [0.05, 0.1) is 6.20 Å². The summed E-state index contributed by atoms with van der Waals surface area (Å²) in [6, 6.07) is 8.39. The van der Waals surface area contributed by atoms with Crippen LogP contribution in [0.25, 0.3) is 0 Å². The van der Waals surface area contributed by atoms with Gasteiger partial charge in [-0.3, -0.25) is 4.79 Å². The third-order valence-electron chi connectivity index (χ3n) is 2.75. The Balaban J connectivity index is 1.94. The monoisotopic (exact) mass is 274 g/mol. The molecule has 0 spiro atoms. The lowest BCUT2D eigenvalue weighted by molar-refractivity contribution is -0.118. The molecule has 1 aromatic carbocycles. The van der Waals surface area contributed by atoms with Gasteiger partial charge < -0.3 is 10.1 Å². The van der Waals surface area contributed by atoms with Crippen molar-refractivity contribution in [2.45, 2.75) is 13.8 Å². The van der Waals surface area contributed by atoms with Crippen molar-refractivity contribution in [2.24, 2.45) is 0 Å². The standard InChI is InChI=1S/C15H15FN2O2/c1-10-4-3-5-11(2)15(10)20-9-14(19)18-13-7-6-12(16)8-17-13/h3-8H,9H2,1-2H3,(H,17,18,19). The molecule has 0 atom stereocenters. The highest BCUT2D eigenvalue weighted by Gasteiger charge is 2.08. The second kappa shape index (κ2) is 6.14. The number of aryl methyl sites for hydroxylation is 2. The molecule has 0 bridgehead atoms. The number of nitrogens with one attached hydrogen (secondary N) is 1. The summed E-state index contributed by atoms with van der Waals surface area (Å²) in [7, 11) is 0. The number of pyridine rings is 1. The van der Waals surface area contributed by atoms with Crippen LogP contribution in [0.15, 0.2) is 36.5 Å². The Kier molecular flexibility index (Phi) is 4.30. The Morgan fingerprint density at radius 2 is 1.95 bits per heavy atom. The lowest BCUT2D eigenvalue weighted by Crippen LogP contribution is -2.21. The molecule has 0 saturated heterocycles. The van der Waals surface area contributed by atoms with Crippen molar-refractivity contribution in [2.75, 3.05) is 11.9 Å². The number of carbonyl (C=O) groups excluding carboxylic acids is 1. The summed E-state index contributed by atoms with van der Waals surface area (Å²) in [5, 5.41) is 2.54. The number of benzene rings is 1. The van der Waals surface area contributed by atoms with Crippen LogP contribution in [-0.4, -0.2) is 17.5 Å². The van der Waals surface area contributed by atoms with Crippen LogP contribution in [0.4, 0.5) is 10.2 Å². The second-order valence-electron chi connectivity index (χ2n) is 4.42. The van der Waals surface area contributed by atoms with Crippen molar-refractivity contribution in [1.29, 1.82) is 0 Å². The molecule has 0 saturated carbocycles. The third kappa shape index (κ3) is 3.54. The lowest BCUT2D eigenvalue weighted by atomic mass is 10.1. The predicted octanol–water partition coefficient (Wildman–Crippen LogP) is 2.86. The minimum atomic E-state index is -0.449. The molecule has 0 aliphatic carbocycles. The first-order valence-electron chi connectivity index (χ1n) is 6.16. The van der Waals surface area contributed by atoms with Gasteiger partial charge in [-0.1, -0.05) is 18.2 Å². The Hall–Kier alpha value is -2.43. The molecule has 2 rings (SSSR count). The quantitative estimate of drug-likeness (QED) is 0.932. The summed E-state index contributed by atoms with van der Waals surface area (Å²) >= 11 is 0. The van der Waals surface area contributed by atoms with Crippen LogP contribution in [0.3, 0.4) is 0 Å². The van der Waals surface area contributed by atoms with Crippen molar-refractivity contribution in [3.05, 3.63) is 53.5 Å². The Morgan fingerprint density at radius 1 is 1.25 bits per heavy atom. The summed E-state index contributed by atoms with van der Waals surface area (Å²) in [5.74, 6) is 0.206. The van der Waals surface area contributed by atoms with Crippen molar-refractivity contribution in [1.82, 2.24) is 4.98 Å². The van der Waals surface area contributed by atoms with Gasteiger partial charge in [0, 0.05) is 0 Å². The van der Waals surface area contributed by atoms with E-state index in [0.29, 0.717) is 11.6 Å². The van der Waals surface area contributed by atoms with Gasteiger partial charge in [-0.2, -0.15) is 0 Å². The molecule has 0 unspecified atom stereocenters. The van der Waals surface area contributed by atoms with Crippen molar-refractivity contribution in [3.8, 4) is 5.75 Å². The van der Waals surface area contributed by atoms with Crippen molar-refractivity contribution < 1.29 is 13.9 Å². The highest BCUT2D eigenvalue weighted by atomic mass is 19.1. The smallest absolute Gasteiger partial charge is 0.263 e. The Morgan fingerprint density at radius 3 is 2.55 bits per heavy atom. The van der Waals surface area contributed by atoms with Gasteiger partial charge in [0.25, 0.3) is 5.91 Å². The summed E-state index contributed by atoms with van der Waals surface area (Å²) in [4.78, 5) is 15.5. The number of carbonyl (C=O) groups is 1. The maximum atomic E-state index is 12.7. The fourth-order valence-electron chi connectivity index (χ4n) is 1.79. The fourth-order valence-corrected chi connectivity index (χ4v) is 1.79. The van der Waals surface area contributed by atoms with E-state index in [2.05, 4.69) is 10.3 Å². The van der Waals surface area contributed by atoms with E-state index in [1.165, 1.54) is 12.1 Å². The normalized spacial score (nSPS) is 10.2. The van der Waals surface area contributed by atoms with Gasteiger partial charge in [-0.05, 0) is 37.1 Å². The number of para-hydroxylation sites is 1. The minimum absolute atomic E-state index is 0.120. The van der Waals surface area contributed by atoms with Crippen LogP contribution in [-0.2, 0) is 4.79 Å². The molecule has 1 heterocycles. The summed E-state index contributed by atoms with van der Waals surface area (Å²) < 4.78 is 18.2. The summed E-state index contributed by atoms with van der Waals surface area (Å²) in [5.41, 5.74) is 1.94. The number of hydrogen-bond donors (Lipinski definition) is 1. The maximum Gasteiger partial charge on any atom is 0.263 e. The molecule has 0 radical (unpaired) electrons. The van der Waals surface area contributed by atoms with Crippen LogP contribution in [0, 0.1) is 19.7 Å². The number of halogens is 1. The molecule has 1 amide bonds. The molecule has 20 heavy (non-hydrogen) atoms. The number of ether oxygens (including phenoxy) is 1. The van der Waals surface area contributed by atoms with Gasteiger partial charge in [0.2, 0.25) is 0 Å². The van der Waals surface area contributed by atoms with Crippen molar-refractivity contribution >= 4 is 11.7 Å². The lowest BCUT2D eigenvalue weighted by Gasteiger charge is -2.11. The molecule has 104 valence electrons. The zero-order valence-corrected chi connectivity index (χ0v) is 11.3. The first-order valence-corrected chi connectivity index (χ1v) is 6.16. The van der Waals surface area contributed by atoms with E-state index in [0.717, 1.165) is 17.3 Å². The van der Waals surface area contributed by atoms with Crippen LogP contribution < -0.4 is 10.1 Å². The van der Waals surface area contributed by atoms with E-state index in [9.17, 15) is 9.18 Å². The number of anilines is 1. The Labute approximate surface area is 116 Å². The molecule has 0 aliphatic rings. The van der Waals surface area contributed by atoms with E-state index in [-0.39, 0.29) is 12.5 Å². The van der Waals surface area contributed by atoms with Gasteiger partial charge in [0.1, 0.15) is 17.4 Å². The van der Waals surface area contributed by atoms with E-state index < -0.39 is 5.82 Å². The van der Waals surface area contributed by atoms with Crippen LogP contribution in [0.2, 0.25) is 0 Å². The molecule has 5 heteroatoms. The predicted molar refractivity (Wildman–Crippen MR) is 74.2 cm³/mol. The summed E-state index contributed by atoms with van der Waals surface area (Å²) in [6.45, 7) is 3.72. The Bertz CT molecular complexity index is 592. The number of rotatable bonds is 4. The van der Waals surface area contributed by atoms with Crippen LogP contribution >= 0.6 is 0 Å². The van der Waals surface area contributed by atoms with Crippen molar-refractivity contribution in [3.63, 3.8) is 0 Å². The van der Waals surface area contributed by atoms with Gasteiger partial charge in [-0.25, -0.2) is 9.37 Å². The first kappa shape index (κ1) is 14.0.